The monoisotopic (exact) mass is 383 g/mol. The molecule has 2 aromatic rings. The number of carbonyl (C=O) groups is 2. The van der Waals surface area contributed by atoms with Crippen LogP contribution < -0.4 is 14.8 Å². The number of methoxy groups -OCH3 is 2. The fourth-order valence-electron chi connectivity index (χ4n) is 3.26. The van der Waals surface area contributed by atoms with Gasteiger partial charge in [0.25, 0.3) is 0 Å². The summed E-state index contributed by atoms with van der Waals surface area (Å²) < 4.78 is 15.7. The van der Waals surface area contributed by atoms with Gasteiger partial charge in [-0.25, -0.2) is 0 Å². The van der Waals surface area contributed by atoms with Gasteiger partial charge in [0.1, 0.15) is 0 Å². The van der Waals surface area contributed by atoms with Gasteiger partial charge < -0.3 is 19.5 Å². The molecule has 28 heavy (non-hydrogen) atoms. The molecular formula is C22H25NO5. The summed E-state index contributed by atoms with van der Waals surface area (Å²) in [6.45, 7) is 2.19. The maximum atomic E-state index is 12.4. The molecule has 1 N–H and O–H groups in total. The highest BCUT2D eigenvalue weighted by Crippen LogP contribution is 2.49. The van der Waals surface area contributed by atoms with Crippen molar-refractivity contribution in [1.29, 1.82) is 0 Å². The molecule has 1 aliphatic rings. The molecule has 3 rings (SSSR count). The van der Waals surface area contributed by atoms with Crippen molar-refractivity contribution in [2.75, 3.05) is 26.1 Å². The third-order valence-electron chi connectivity index (χ3n) is 4.95. The molecule has 0 aromatic heterocycles. The van der Waals surface area contributed by atoms with Crippen LogP contribution in [0.5, 0.6) is 11.5 Å². The molecule has 0 bridgehead atoms. The van der Waals surface area contributed by atoms with Crippen molar-refractivity contribution in [2.24, 2.45) is 0 Å². The fraction of sp³-hybridized carbons (Fsp3) is 0.364. The van der Waals surface area contributed by atoms with E-state index in [1.165, 1.54) is 0 Å². The van der Waals surface area contributed by atoms with Crippen molar-refractivity contribution in [1.82, 2.24) is 0 Å². The molecule has 6 nitrogen and oxygen atoms in total. The first-order valence-corrected chi connectivity index (χ1v) is 9.31. The maximum Gasteiger partial charge on any atom is 0.316 e. The van der Waals surface area contributed by atoms with Gasteiger partial charge in [-0.2, -0.15) is 0 Å². The smallest absolute Gasteiger partial charge is 0.316 e. The Morgan fingerprint density at radius 2 is 1.68 bits per heavy atom. The van der Waals surface area contributed by atoms with Crippen LogP contribution in [0.3, 0.4) is 0 Å². The van der Waals surface area contributed by atoms with Gasteiger partial charge in [-0.1, -0.05) is 18.2 Å². The van der Waals surface area contributed by atoms with E-state index in [2.05, 4.69) is 5.32 Å². The van der Waals surface area contributed by atoms with E-state index in [-0.39, 0.29) is 18.3 Å². The number of esters is 1. The topological polar surface area (TPSA) is 73.9 Å². The molecule has 0 spiro atoms. The molecule has 6 heteroatoms. The summed E-state index contributed by atoms with van der Waals surface area (Å²) in [5.41, 5.74) is 1.95. The molecule has 2 aromatic carbocycles. The first-order valence-electron chi connectivity index (χ1n) is 9.31. The first-order chi connectivity index (χ1) is 13.5. The lowest BCUT2D eigenvalue weighted by Crippen LogP contribution is -2.23. The van der Waals surface area contributed by atoms with Crippen LogP contribution in [0.25, 0.3) is 0 Å². The van der Waals surface area contributed by atoms with Gasteiger partial charge in [0.15, 0.2) is 11.5 Å². The highest BCUT2D eigenvalue weighted by Gasteiger charge is 2.52. The number of nitrogens with one attached hydrogen (secondary N) is 1. The van der Waals surface area contributed by atoms with Crippen molar-refractivity contribution in [3.05, 3.63) is 53.6 Å². The summed E-state index contributed by atoms with van der Waals surface area (Å²) in [5.74, 6) is 0.912. The number of amides is 1. The van der Waals surface area contributed by atoms with Gasteiger partial charge in [-0.3, -0.25) is 9.59 Å². The van der Waals surface area contributed by atoms with E-state index in [1.807, 2.05) is 37.3 Å². The highest BCUT2D eigenvalue weighted by atomic mass is 16.5. The van der Waals surface area contributed by atoms with Gasteiger partial charge in [-0.15, -0.1) is 0 Å². The normalized spacial score (nSPS) is 14.1. The Morgan fingerprint density at radius 3 is 2.25 bits per heavy atom. The number of hydrogen-bond donors (Lipinski definition) is 1. The van der Waals surface area contributed by atoms with E-state index < -0.39 is 5.41 Å². The zero-order valence-electron chi connectivity index (χ0n) is 16.4. The molecule has 0 atom stereocenters. The minimum absolute atomic E-state index is 0.133. The van der Waals surface area contributed by atoms with E-state index in [9.17, 15) is 9.59 Å². The van der Waals surface area contributed by atoms with E-state index in [4.69, 9.17) is 14.2 Å². The summed E-state index contributed by atoms with van der Waals surface area (Å²) in [4.78, 5) is 24.5. The molecule has 0 aliphatic heterocycles. The zero-order chi connectivity index (χ0) is 20.1. The predicted molar refractivity (Wildman–Crippen MR) is 106 cm³/mol. The second kappa shape index (κ2) is 8.33. The molecule has 148 valence electrons. The Labute approximate surface area is 164 Å². The quantitative estimate of drug-likeness (QED) is 0.707. The largest absolute Gasteiger partial charge is 0.493 e. The third kappa shape index (κ3) is 4.11. The van der Waals surface area contributed by atoms with Crippen molar-refractivity contribution in [3.8, 4) is 11.5 Å². The van der Waals surface area contributed by atoms with Gasteiger partial charge in [0, 0.05) is 5.69 Å². The molecular weight excluding hydrogens is 358 g/mol. The standard InChI is InChI=1S/C22H25NO5/c1-4-28-21(25)22(11-12-22)16-6-8-17(9-7-16)23-20(24)14-15-5-10-18(26-2)19(13-15)27-3/h5-10,13H,4,11-12,14H2,1-3H3,(H,23,24). The van der Waals surface area contributed by atoms with Crippen molar-refractivity contribution in [2.45, 2.75) is 31.6 Å². The number of carbonyl (C=O) groups excluding carboxylic acids is 2. The number of benzene rings is 2. The predicted octanol–water partition coefficient (Wildman–Crippen LogP) is 3.48. The van der Waals surface area contributed by atoms with Crippen molar-refractivity contribution < 1.29 is 23.8 Å². The first kappa shape index (κ1) is 19.7. The Hall–Kier alpha value is -3.02. The summed E-state index contributed by atoms with van der Waals surface area (Å²) in [6, 6.07) is 12.8. The lowest BCUT2D eigenvalue weighted by atomic mass is 9.96. The van der Waals surface area contributed by atoms with E-state index >= 15 is 0 Å². The van der Waals surface area contributed by atoms with Crippen LogP contribution in [0.15, 0.2) is 42.5 Å². The summed E-state index contributed by atoms with van der Waals surface area (Å²) in [7, 11) is 3.13. The number of ether oxygens (including phenoxy) is 3. The van der Waals surface area contributed by atoms with Crippen LogP contribution in [0.4, 0.5) is 5.69 Å². The highest BCUT2D eigenvalue weighted by molar-refractivity contribution is 5.92. The summed E-state index contributed by atoms with van der Waals surface area (Å²) in [6.07, 6.45) is 1.82. The van der Waals surface area contributed by atoms with E-state index in [0.29, 0.717) is 23.8 Å². The molecule has 0 radical (unpaired) electrons. The Kier molecular flexibility index (Phi) is 5.87. The van der Waals surface area contributed by atoms with Crippen LogP contribution in [-0.2, 0) is 26.2 Å². The number of anilines is 1. The minimum Gasteiger partial charge on any atom is -0.493 e. The number of hydrogen-bond acceptors (Lipinski definition) is 5. The molecule has 1 aliphatic carbocycles. The third-order valence-corrected chi connectivity index (χ3v) is 4.95. The Bertz CT molecular complexity index is 856. The van der Waals surface area contributed by atoms with Gasteiger partial charge >= 0.3 is 5.97 Å². The average molecular weight is 383 g/mol. The van der Waals surface area contributed by atoms with E-state index in [1.54, 1.807) is 26.4 Å². The molecule has 1 amide bonds. The van der Waals surface area contributed by atoms with E-state index in [0.717, 1.165) is 24.0 Å². The van der Waals surface area contributed by atoms with Crippen molar-refractivity contribution >= 4 is 17.6 Å². The SMILES string of the molecule is CCOC(=O)C1(c2ccc(NC(=O)Cc3ccc(OC)c(OC)c3)cc2)CC1. The van der Waals surface area contributed by atoms with Crippen LogP contribution in [0.1, 0.15) is 30.9 Å². The number of rotatable bonds is 8. The van der Waals surface area contributed by atoms with Crippen LogP contribution in [0, 0.1) is 0 Å². The molecule has 0 unspecified atom stereocenters. The van der Waals surface area contributed by atoms with Crippen molar-refractivity contribution in [3.63, 3.8) is 0 Å². The van der Waals surface area contributed by atoms with Gasteiger partial charge in [0.05, 0.1) is 32.7 Å². The summed E-state index contributed by atoms with van der Waals surface area (Å²) in [5, 5.41) is 2.88. The van der Waals surface area contributed by atoms with Gasteiger partial charge in [-0.05, 0) is 55.2 Å². The Balaban J connectivity index is 1.63. The zero-order valence-corrected chi connectivity index (χ0v) is 16.4. The lowest BCUT2D eigenvalue weighted by Gasteiger charge is -2.15. The average Bonchev–Trinajstić information content (AvgIpc) is 3.50. The second-order valence-electron chi connectivity index (χ2n) is 6.79. The lowest BCUT2D eigenvalue weighted by molar-refractivity contribution is -0.146. The Morgan fingerprint density at radius 1 is 1.00 bits per heavy atom. The molecule has 1 saturated carbocycles. The fourth-order valence-corrected chi connectivity index (χ4v) is 3.26. The second-order valence-corrected chi connectivity index (χ2v) is 6.79. The van der Waals surface area contributed by atoms with Crippen LogP contribution in [0.2, 0.25) is 0 Å². The molecule has 0 heterocycles. The van der Waals surface area contributed by atoms with Crippen LogP contribution >= 0.6 is 0 Å². The van der Waals surface area contributed by atoms with Crippen LogP contribution in [-0.4, -0.2) is 32.7 Å². The summed E-state index contributed by atoms with van der Waals surface area (Å²) >= 11 is 0. The molecule has 1 fully saturated rings. The minimum atomic E-state index is -0.502. The molecule has 0 saturated heterocycles. The maximum absolute atomic E-state index is 12.4. The van der Waals surface area contributed by atoms with Gasteiger partial charge in [0.2, 0.25) is 5.91 Å².